The number of nitrogens with zero attached hydrogens (tertiary/aromatic N) is 2. The van der Waals surface area contributed by atoms with Gasteiger partial charge in [-0.3, -0.25) is 4.68 Å². The van der Waals surface area contributed by atoms with E-state index in [1.165, 1.54) is 11.3 Å². The van der Waals surface area contributed by atoms with Crippen LogP contribution in [0.15, 0.2) is 0 Å². The molecule has 2 rings (SSSR count). The summed E-state index contributed by atoms with van der Waals surface area (Å²) < 4.78 is 2.12. The van der Waals surface area contributed by atoms with Gasteiger partial charge in [0.25, 0.3) is 0 Å². The van der Waals surface area contributed by atoms with Crippen molar-refractivity contribution in [2.75, 3.05) is 0 Å². The summed E-state index contributed by atoms with van der Waals surface area (Å²) in [6.07, 6.45) is 0. The first-order chi connectivity index (χ1) is 7.28. The van der Waals surface area contributed by atoms with Gasteiger partial charge in [-0.25, -0.2) is 0 Å². The average Bonchev–Trinajstić information content (AvgIpc) is 2.52. The van der Waals surface area contributed by atoms with Gasteiger partial charge in [0, 0.05) is 29.3 Å². The summed E-state index contributed by atoms with van der Waals surface area (Å²) in [5, 5.41) is 4.63. The molecule has 0 spiro atoms. The number of hydrogen-bond acceptors (Lipinski definition) is 2. The zero-order chi connectivity index (χ0) is 12.2. The molecule has 0 bridgehead atoms. The van der Waals surface area contributed by atoms with E-state index >= 15 is 0 Å². The van der Waals surface area contributed by atoms with Crippen LogP contribution in [0.4, 0.5) is 0 Å². The predicted molar refractivity (Wildman–Crippen MR) is 66.6 cm³/mol. The molecule has 3 heteroatoms. The molecule has 1 aromatic rings. The summed E-state index contributed by atoms with van der Waals surface area (Å²) in [6.45, 7) is 13.1. The highest BCUT2D eigenvalue weighted by molar-refractivity contribution is 5.40. The van der Waals surface area contributed by atoms with E-state index in [-0.39, 0.29) is 11.5 Å². The third-order valence-corrected chi connectivity index (χ3v) is 4.09. The molecule has 0 aliphatic heterocycles. The normalized spacial score (nSPS) is 27.5. The fourth-order valence-electron chi connectivity index (χ4n) is 2.86. The third-order valence-electron chi connectivity index (χ3n) is 4.09. The molecule has 3 nitrogen and oxygen atoms in total. The quantitative estimate of drug-likeness (QED) is 0.834. The van der Waals surface area contributed by atoms with Crippen LogP contribution < -0.4 is 5.73 Å². The van der Waals surface area contributed by atoms with Crippen LogP contribution >= 0.6 is 0 Å². The minimum Gasteiger partial charge on any atom is -0.327 e. The van der Waals surface area contributed by atoms with Crippen LogP contribution in [0.25, 0.3) is 0 Å². The first-order valence-electron chi connectivity index (χ1n) is 6.09. The number of nitrogens with two attached hydrogens (primary N) is 1. The Balaban J connectivity index is 2.44. The first-order valence-corrected chi connectivity index (χ1v) is 6.09. The highest BCUT2D eigenvalue weighted by Crippen LogP contribution is 2.58. The van der Waals surface area contributed by atoms with Crippen molar-refractivity contribution in [1.82, 2.24) is 9.78 Å². The monoisotopic (exact) mass is 221 g/mol. The lowest BCUT2D eigenvalue weighted by Gasteiger charge is -2.09. The lowest BCUT2D eigenvalue weighted by Crippen LogP contribution is -2.07. The van der Waals surface area contributed by atoms with Crippen LogP contribution in [0.1, 0.15) is 56.6 Å². The van der Waals surface area contributed by atoms with Gasteiger partial charge in [-0.2, -0.15) is 5.10 Å². The van der Waals surface area contributed by atoms with Crippen LogP contribution in [0, 0.1) is 19.3 Å². The van der Waals surface area contributed by atoms with E-state index in [9.17, 15) is 0 Å². The van der Waals surface area contributed by atoms with Crippen molar-refractivity contribution in [2.45, 2.75) is 59.5 Å². The zero-order valence-corrected chi connectivity index (χ0v) is 11.2. The van der Waals surface area contributed by atoms with Gasteiger partial charge in [0.15, 0.2) is 0 Å². The smallest absolute Gasteiger partial charge is 0.0632 e. The van der Waals surface area contributed by atoms with E-state index in [4.69, 9.17) is 5.73 Å². The molecule has 0 saturated heterocycles. The molecule has 2 N–H and O–H groups in total. The van der Waals surface area contributed by atoms with Gasteiger partial charge in [0.1, 0.15) is 0 Å². The van der Waals surface area contributed by atoms with Crippen molar-refractivity contribution in [2.24, 2.45) is 11.1 Å². The van der Waals surface area contributed by atoms with E-state index in [1.54, 1.807) is 0 Å². The molecular formula is C13H23N3. The highest BCUT2D eigenvalue weighted by atomic mass is 15.3. The number of aryl methyl sites for hydroxylation is 1. The predicted octanol–water partition coefficient (Wildman–Crippen LogP) is 2.53. The fraction of sp³-hybridized carbons (Fsp3) is 0.769. The van der Waals surface area contributed by atoms with E-state index in [2.05, 4.69) is 51.3 Å². The molecule has 16 heavy (non-hydrogen) atoms. The maximum absolute atomic E-state index is 6.16. The summed E-state index contributed by atoms with van der Waals surface area (Å²) in [4.78, 5) is 0. The molecule has 1 fully saturated rings. The summed E-state index contributed by atoms with van der Waals surface area (Å²) in [5.74, 6) is 0.486. The second-order valence-corrected chi connectivity index (χ2v) is 5.95. The van der Waals surface area contributed by atoms with Gasteiger partial charge in [-0.1, -0.05) is 13.8 Å². The molecule has 90 valence electrons. The summed E-state index contributed by atoms with van der Waals surface area (Å²) in [6, 6.07) is 0.709. The molecule has 0 amide bonds. The zero-order valence-electron chi connectivity index (χ0n) is 11.2. The Bertz CT molecular complexity index is 415. The Morgan fingerprint density at radius 3 is 2.12 bits per heavy atom. The van der Waals surface area contributed by atoms with Crippen LogP contribution in [-0.4, -0.2) is 15.8 Å². The van der Waals surface area contributed by atoms with Crippen LogP contribution in [0.5, 0.6) is 0 Å². The Kier molecular flexibility index (Phi) is 2.42. The lowest BCUT2D eigenvalue weighted by atomic mass is 10.0. The molecule has 1 aromatic heterocycles. The molecule has 0 radical (unpaired) electrons. The van der Waals surface area contributed by atoms with Gasteiger partial charge in [0.2, 0.25) is 0 Å². The van der Waals surface area contributed by atoms with Crippen LogP contribution in [0.3, 0.4) is 0 Å². The number of aromatic nitrogens is 2. The summed E-state index contributed by atoms with van der Waals surface area (Å²) in [7, 11) is 0. The standard InChI is InChI=1S/C13H23N3/c1-7(2)16-9(4)10(8(3)15-16)11-12(14)13(11,5)6/h7,11-12H,14H2,1-6H3/t11-,12-/m1/s1. The second kappa shape index (κ2) is 3.33. The van der Waals surface area contributed by atoms with Crippen molar-refractivity contribution < 1.29 is 0 Å². The van der Waals surface area contributed by atoms with Crippen molar-refractivity contribution in [3.63, 3.8) is 0 Å². The Hall–Kier alpha value is -0.830. The van der Waals surface area contributed by atoms with E-state index in [0.717, 1.165) is 5.69 Å². The molecule has 1 saturated carbocycles. The second-order valence-electron chi connectivity index (χ2n) is 5.95. The molecule has 0 aromatic carbocycles. The maximum atomic E-state index is 6.16. The average molecular weight is 221 g/mol. The maximum Gasteiger partial charge on any atom is 0.0632 e. The lowest BCUT2D eigenvalue weighted by molar-refractivity contribution is 0.515. The largest absolute Gasteiger partial charge is 0.327 e. The first kappa shape index (κ1) is 11.6. The van der Waals surface area contributed by atoms with E-state index in [0.29, 0.717) is 12.0 Å². The Labute approximate surface area is 98.0 Å². The minimum absolute atomic E-state index is 0.236. The molecule has 1 aliphatic carbocycles. The van der Waals surface area contributed by atoms with Gasteiger partial charge in [-0.15, -0.1) is 0 Å². The topological polar surface area (TPSA) is 43.8 Å². The summed E-state index contributed by atoms with van der Waals surface area (Å²) >= 11 is 0. The molecule has 1 aliphatic rings. The highest BCUT2D eigenvalue weighted by Gasteiger charge is 2.57. The Morgan fingerprint density at radius 1 is 1.31 bits per heavy atom. The molecule has 0 unspecified atom stereocenters. The van der Waals surface area contributed by atoms with Crippen LogP contribution in [0.2, 0.25) is 0 Å². The van der Waals surface area contributed by atoms with E-state index < -0.39 is 0 Å². The van der Waals surface area contributed by atoms with Gasteiger partial charge in [-0.05, 0) is 33.1 Å². The Morgan fingerprint density at radius 2 is 1.81 bits per heavy atom. The van der Waals surface area contributed by atoms with Gasteiger partial charge < -0.3 is 5.73 Å². The van der Waals surface area contributed by atoms with Crippen LogP contribution in [-0.2, 0) is 0 Å². The van der Waals surface area contributed by atoms with E-state index in [1.807, 2.05) is 0 Å². The molecule has 2 atom stereocenters. The summed E-state index contributed by atoms with van der Waals surface area (Å²) in [5.41, 5.74) is 10.2. The molecular weight excluding hydrogens is 198 g/mol. The fourth-order valence-corrected chi connectivity index (χ4v) is 2.86. The third kappa shape index (κ3) is 1.41. The SMILES string of the molecule is Cc1nn(C(C)C)c(C)c1[C@@H]1[C@@H](N)C1(C)C. The van der Waals surface area contributed by atoms with Gasteiger partial charge >= 0.3 is 0 Å². The van der Waals surface area contributed by atoms with Crippen molar-refractivity contribution in [3.8, 4) is 0 Å². The number of rotatable bonds is 2. The van der Waals surface area contributed by atoms with Crippen molar-refractivity contribution >= 4 is 0 Å². The minimum atomic E-state index is 0.236. The van der Waals surface area contributed by atoms with Crippen molar-refractivity contribution in [1.29, 1.82) is 0 Å². The number of hydrogen-bond donors (Lipinski definition) is 1. The molecule has 1 heterocycles. The van der Waals surface area contributed by atoms with Crippen molar-refractivity contribution in [3.05, 3.63) is 17.0 Å². The van der Waals surface area contributed by atoms with Gasteiger partial charge in [0.05, 0.1) is 5.69 Å².